The van der Waals surface area contributed by atoms with Crippen LogP contribution in [-0.4, -0.2) is 12.5 Å². The largest absolute Gasteiger partial charge is 0.483 e. The lowest BCUT2D eigenvalue weighted by Crippen LogP contribution is -2.20. The fraction of sp³-hybridized carbons (Fsp3) is 0.263. The summed E-state index contributed by atoms with van der Waals surface area (Å²) in [6.07, 6.45) is 0. The summed E-state index contributed by atoms with van der Waals surface area (Å²) >= 11 is 0. The SMILES string of the molecule is Cc1ccc(C(C)C)cc1OCC(=O)Nc1ccc(C#N)cc1. The number of nitrogens with zero attached hydrogens (tertiary/aromatic N) is 1. The van der Waals surface area contributed by atoms with E-state index >= 15 is 0 Å². The molecule has 0 spiro atoms. The van der Waals surface area contributed by atoms with Crippen LogP contribution in [-0.2, 0) is 4.79 Å². The summed E-state index contributed by atoms with van der Waals surface area (Å²) in [5.41, 5.74) is 3.38. The Labute approximate surface area is 136 Å². The second-order valence-corrected chi connectivity index (χ2v) is 5.71. The zero-order valence-corrected chi connectivity index (χ0v) is 13.6. The summed E-state index contributed by atoms with van der Waals surface area (Å²) in [5, 5.41) is 11.5. The Morgan fingerprint density at radius 3 is 2.52 bits per heavy atom. The third-order valence-electron chi connectivity index (χ3n) is 3.54. The average Bonchev–Trinajstić information content (AvgIpc) is 2.54. The number of carbonyl (C=O) groups excluding carboxylic acids is 1. The number of nitriles is 1. The van der Waals surface area contributed by atoms with Crippen LogP contribution in [0.3, 0.4) is 0 Å². The molecule has 0 atom stereocenters. The number of amides is 1. The first-order valence-corrected chi connectivity index (χ1v) is 7.53. The smallest absolute Gasteiger partial charge is 0.262 e. The molecule has 2 rings (SSSR count). The summed E-state index contributed by atoms with van der Waals surface area (Å²) in [6.45, 7) is 6.14. The van der Waals surface area contributed by atoms with E-state index in [4.69, 9.17) is 10.00 Å². The maximum atomic E-state index is 12.0. The molecular weight excluding hydrogens is 288 g/mol. The van der Waals surface area contributed by atoms with Gasteiger partial charge in [0.1, 0.15) is 5.75 Å². The second-order valence-electron chi connectivity index (χ2n) is 5.71. The topological polar surface area (TPSA) is 62.1 Å². The predicted octanol–water partition coefficient (Wildman–Crippen LogP) is 4.01. The van der Waals surface area contributed by atoms with Crippen molar-refractivity contribution in [3.05, 3.63) is 59.2 Å². The molecule has 1 amide bonds. The number of rotatable bonds is 5. The van der Waals surface area contributed by atoms with Crippen LogP contribution < -0.4 is 10.1 Å². The molecule has 0 heterocycles. The van der Waals surface area contributed by atoms with E-state index in [0.717, 1.165) is 11.3 Å². The quantitative estimate of drug-likeness (QED) is 0.908. The Hall–Kier alpha value is -2.80. The van der Waals surface area contributed by atoms with E-state index in [1.54, 1.807) is 24.3 Å². The molecule has 4 heteroatoms. The molecule has 0 aliphatic heterocycles. The highest BCUT2D eigenvalue weighted by Crippen LogP contribution is 2.24. The molecule has 0 unspecified atom stereocenters. The van der Waals surface area contributed by atoms with Gasteiger partial charge in [-0.3, -0.25) is 4.79 Å². The molecule has 1 N–H and O–H groups in total. The highest BCUT2D eigenvalue weighted by Gasteiger charge is 2.08. The predicted molar refractivity (Wildman–Crippen MR) is 90.5 cm³/mol. The minimum Gasteiger partial charge on any atom is -0.483 e. The number of nitrogens with one attached hydrogen (secondary N) is 1. The lowest BCUT2D eigenvalue weighted by molar-refractivity contribution is -0.118. The van der Waals surface area contributed by atoms with Crippen molar-refractivity contribution in [2.75, 3.05) is 11.9 Å². The van der Waals surface area contributed by atoms with Gasteiger partial charge in [0, 0.05) is 5.69 Å². The van der Waals surface area contributed by atoms with Crippen LogP contribution in [0.2, 0.25) is 0 Å². The summed E-state index contributed by atoms with van der Waals surface area (Å²) in [4.78, 5) is 12.0. The number of hydrogen-bond donors (Lipinski definition) is 1. The summed E-state index contributed by atoms with van der Waals surface area (Å²) in [6, 6.07) is 14.8. The Kier molecular flexibility index (Phi) is 5.37. The van der Waals surface area contributed by atoms with E-state index in [2.05, 4.69) is 25.2 Å². The Morgan fingerprint density at radius 1 is 1.22 bits per heavy atom. The zero-order chi connectivity index (χ0) is 16.8. The van der Waals surface area contributed by atoms with Crippen LogP contribution in [0.1, 0.15) is 36.5 Å². The van der Waals surface area contributed by atoms with Gasteiger partial charge in [-0.25, -0.2) is 0 Å². The molecular formula is C19H20N2O2. The molecule has 23 heavy (non-hydrogen) atoms. The van der Waals surface area contributed by atoms with Gasteiger partial charge in [-0.2, -0.15) is 5.26 Å². The lowest BCUT2D eigenvalue weighted by atomic mass is 10.0. The number of hydrogen-bond acceptors (Lipinski definition) is 3. The molecule has 0 saturated heterocycles. The average molecular weight is 308 g/mol. The maximum Gasteiger partial charge on any atom is 0.262 e. The number of anilines is 1. The molecule has 0 aromatic heterocycles. The van der Waals surface area contributed by atoms with Gasteiger partial charge in [0.25, 0.3) is 5.91 Å². The summed E-state index contributed by atoms with van der Waals surface area (Å²) < 4.78 is 5.64. The first-order valence-electron chi connectivity index (χ1n) is 7.53. The van der Waals surface area contributed by atoms with Crippen molar-refractivity contribution < 1.29 is 9.53 Å². The fourth-order valence-electron chi connectivity index (χ4n) is 2.10. The van der Waals surface area contributed by atoms with Gasteiger partial charge in [0.15, 0.2) is 6.61 Å². The lowest BCUT2D eigenvalue weighted by Gasteiger charge is -2.13. The molecule has 118 valence electrons. The summed E-state index contributed by atoms with van der Waals surface area (Å²) in [5.74, 6) is 0.903. The molecule has 0 aliphatic carbocycles. The third kappa shape index (κ3) is 4.58. The number of aryl methyl sites for hydroxylation is 1. The van der Waals surface area contributed by atoms with E-state index < -0.39 is 0 Å². The van der Waals surface area contributed by atoms with Crippen molar-refractivity contribution in [3.63, 3.8) is 0 Å². The van der Waals surface area contributed by atoms with E-state index in [0.29, 0.717) is 17.2 Å². The van der Waals surface area contributed by atoms with Gasteiger partial charge < -0.3 is 10.1 Å². The Balaban J connectivity index is 1.96. The van der Waals surface area contributed by atoms with Gasteiger partial charge in [0.2, 0.25) is 0 Å². The standard InChI is InChI=1S/C19H20N2O2/c1-13(2)16-7-4-14(3)18(10-16)23-12-19(22)21-17-8-5-15(11-20)6-9-17/h4-10,13H,12H2,1-3H3,(H,21,22). The number of benzene rings is 2. The highest BCUT2D eigenvalue weighted by atomic mass is 16.5. The fourth-order valence-corrected chi connectivity index (χ4v) is 2.10. The number of ether oxygens (including phenoxy) is 1. The van der Waals surface area contributed by atoms with Crippen LogP contribution >= 0.6 is 0 Å². The minimum atomic E-state index is -0.232. The molecule has 0 saturated carbocycles. The van der Waals surface area contributed by atoms with Crippen molar-refractivity contribution in [1.82, 2.24) is 0 Å². The number of carbonyl (C=O) groups is 1. The molecule has 0 aliphatic rings. The monoisotopic (exact) mass is 308 g/mol. The molecule has 0 bridgehead atoms. The molecule has 2 aromatic carbocycles. The summed E-state index contributed by atoms with van der Waals surface area (Å²) in [7, 11) is 0. The molecule has 0 fully saturated rings. The minimum absolute atomic E-state index is 0.0532. The molecule has 0 radical (unpaired) electrons. The van der Waals surface area contributed by atoms with Crippen LogP contribution in [0.4, 0.5) is 5.69 Å². The van der Waals surface area contributed by atoms with Crippen molar-refractivity contribution >= 4 is 11.6 Å². The van der Waals surface area contributed by atoms with Crippen LogP contribution in [0, 0.1) is 18.3 Å². The normalized spacial score (nSPS) is 10.2. The van der Waals surface area contributed by atoms with Gasteiger partial charge in [0.05, 0.1) is 11.6 Å². The maximum absolute atomic E-state index is 12.0. The molecule has 2 aromatic rings. The zero-order valence-electron chi connectivity index (χ0n) is 13.6. The van der Waals surface area contributed by atoms with Gasteiger partial charge in [-0.15, -0.1) is 0 Å². The van der Waals surface area contributed by atoms with Crippen LogP contribution in [0.15, 0.2) is 42.5 Å². The van der Waals surface area contributed by atoms with Crippen LogP contribution in [0.5, 0.6) is 5.75 Å². The van der Waals surface area contributed by atoms with E-state index in [9.17, 15) is 4.79 Å². The van der Waals surface area contributed by atoms with E-state index in [1.165, 1.54) is 5.56 Å². The van der Waals surface area contributed by atoms with Gasteiger partial charge in [-0.05, 0) is 54.3 Å². The third-order valence-corrected chi connectivity index (χ3v) is 3.54. The highest BCUT2D eigenvalue weighted by molar-refractivity contribution is 5.91. The van der Waals surface area contributed by atoms with Gasteiger partial charge >= 0.3 is 0 Å². The molecule has 4 nitrogen and oxygen atoms in total. The first-order chi connectivity index (χ1) is 11.0. The van der Waals surface area contributed by atoms with E-state index in [1.807, 2.05) is 25.1 Å². The van der Waals surface area contributed by atoms with Crippen LogP contribution in [0.25, 0.3) is 0 Å². The van der Waals surface area contributed by atoms with Crippen molar-refractivity contribution in [2.45, 2.75) is 26.7 Å². The Bertz CT molecular complexity index is 728. The second kappa shape index (κ2) is 7.46. The van der Waals surface area contributed by atoms with Crippen molar-refractivity contribution in [3.8, 4) is 11.8 Å². The van der Waals surface area contributed by atoms with Crippen molar-refractivity contribution in [1.29, 1.82) is 5.26 Å². The van der Waals surface area contributed by atoms with Crippen molar-refractivity contribution in [2.24, 2.45) is 0 Å². The Morgan fingerprint density at radius 2 is 1.91 bits per heavy atom. The van der Waals surface area contributed by atoms with E-state index in [-0.39, 0.29) is 12.5 Å². The van der Waals surface area contributed by atoms with Gasteiger partial charge in [-0.1, -0.05) is 26.0 Å². The first kappa shape index (κ1) is 16.6.